The van der Waals surface area contributed by atoms with Crippen molar-refractivity contribution in [2.45, 2.75) is 64.8 Å². The molecule has 3 aliphatic rings. The molecular weight excluding hydrogens is 480 g/mol. The molecule has 0 radical (unpaired) electrons. The van der Waals surface area contributed by atoms with Gasteiger partial charge in [0.05, 0.1) is 19.3 Å². The van der Waals surface area contributed by atoms with Gasteiger partial charge in [-0.25, -0.2) is 4.99 Å². The molecule has 38 heavy (non-hydrogen) atoms. The number of aliphatic imine (C=N–C) groups is 1. The first-order chi connectivity index (χ1) is 18.5. The lowest BCUT2D eigenvalue weighted by Crippen LogP contribution is -2.41. The predicted octanol–water partition coefficient (Wildman–Crippen LogP) is 4.59. The summed E-state index contributed by atoms with van der Waals surface area (Å²) in [6.07, 6.45) is 10.5. The van der Waals surface area contributed by atoms with Gasteiger partial charge in [0.2, 0.25) is 5.91 Å². The first-order valence-corrected chi connectivity index (χ1v) is 14.2. The minimum absolute atomic E-state index is 0.0129. The first kappa shape index (κ1) is 28.1. The van der Waals surface area contributed by atoms with Crippen molar-refractivity contribution in [2.24, 2.45) is 27.9 Å². The van der Waals surface area contributed by atoms with Crippen molar-refractivity contribution in [3.63, 3.8) is 0 Å². The van der Waals surface area contributed by atoms with E-state index >= 15 is 0 Å². The molecular formula is C30H44N4O4. The molecule has 2 saturated heterocycles. The monoisotopic (exact) mass is 524 g/mol. The smallest absolute Gasteiger partial charge is 0.317 e. The number of benzene rings is 1. The number of allylic oxidation sites excluding steroid dienone is 2. The third kappa shape index (κ3) is 7.37. The zero-order valence-corrected chi connectivity index (χ0v) is 23.2. The number of amides is 1. The van der Waals surface area contributed by atoms with E-state index in [1.54, 1.807) is 13.3 Å². The van der Waals surface area contributed by atoms with Crippen molar-refractivity contribution in [3.05, 3.63) is 35.9 Å². The standard InChI is InChI=1S/C30H44N4O4/c1-22(2)19-32-38-30(31-3)33-17-14-23(15-18-33)21-37-28-12-10-25(11-13-28)24-6-8-26(9-7-24)29(36)34-16-4-5-27(34)20-35/h6,10-13,19,22-23,26-27,35H,4-5,7-9,14-18,20-21H2,1-3H3/b31-30-,32-19+/t26?,27-/m1/s1. The summed E-state index contributed by atoms with van der Waals surface area (Å²) < 4.78 is 6.13. The van der Waals surface area contributed by atoms with Gasteiger partial charge < -0.3 is 24.5 Å². The quantitative estimate of drug-likeness (QED) is 0.305. The molecule has 2 heterocycles. The molecule has 1 aromatic carbocycles. The van der Waals surface area contributed by atoms with Crippen LogP contribution in [-0.2, 0) is 9.63 Å². The number of hydrogen-bond acceptors (Lipinski definition) is 6. The second-order valence-electron chi connectivity index (χ2n) is 11.1. The molecule has 1 N–H and O–H groups in total. The molecule has 1 unspecified atom stereocenters. The van der Waals surface area contributed by atoms with Crippen molar-refractivity contribution >= 4 is 23.7 Å². The SMILES string of the molecule is C/N=C(\O/N=C/C(C)C)N1CCC(COc2ccc(C3=CCC(C(=O)N4CCC[C@@H]4CO)CC3)cc2)CC1. The summed E-state index contributed by atoms with van der Waals surface area (Å²) in [7, 11) is 1.74. The normalized spacial score (nSPS) is 23.3. The Morgan fingerprint density at radius 3 is 2.53 bits per heavy atom. The summed E-state index contributed by atoms with van der Waals surface area (Å²) in [6, 6.07) is 8.97. The van der Waals surface area contributed by atoms with E-state index < -0.39 is 0 Å². The molecule has 8 nitrogen and oxygen atoms in total. The number of nitrogens with zero attached hydrogens (tertiary/aromatic N) is 4. The van der Waals surface area contributed by atoms with Crippen molar-refractivity contribution in [1.82, 2.24) is 9.80 Å². The van der Waals surface area contributed by atoms with Crippen LogP contribution < -0.4 is 4.74 Å². The summed E-state index contributed by atoms with van der Waals surface area (Å²) in [5.41, 5.74) is 2.51. The van der Waals surface area contributed by atoms with Gasteiger partial charge in [-0.15, -0.1) is 0 Å². The Bertz CT molecular complexity index is 996. The van der Waals surface area contributed by atoms with E-state index in [1.165, 1.54) is 11.1 Å². The number of carbonyl (C=O) groups is 1. The lowest BCUT2D eigenvalue weighted by Gasteiger charge is -2.32. The zero-order valence-electron chi connectivity index (χ0n) is 23.2. The number of hydrogen-bond donors (Lipinski definition) is 1. The van der Waals surface area contributed by atoms with Crippen molar-refractivity contribution in [2.75, 3.05) is 39.9 Å². The van der Waals surface area contributed by atoms with Gasteiger partial charge in [0, 0.05) is 38.8 Å². The Balaban J connectivity index is 1.20. The molecule has 2 fully saturated rings. The third-order valence-corrected chi connectivity index (χ3v) is 7.91. The number of ether oxygens (including phenoxy) is 1. The van der Waals surface area contributed by atoms with E-state index in [-0.39, 0.29) is 24.5 Å². The zero-order chi connectivity index (χ0) is 26.9. The van der Waals surface area contributed by atoms with E-state index in [9.17, 15) is 9.90 Å². The minimum Gasteiger partial charge on any atom is -0.493 e. The summed E-state index contributed by atoms with van der Waals surface area (Å²) in [5, 5.41) is 13.6. The maximum absolute atomic E-state index is 12.9. The Kier molecular flexibility index (Phi) is 10.2. The molecule has 8 heteroatoms. The number of likely N-dealkylation sites (tertiary alicyclic amines) is 2. The Morgan fingerprint density at radius 2 is 1.89 bits per heavy atom. The van der Waals surface area contributed by atoms with Crippen molar-refractivity contribution in [3.8, 4) is 5.75 Å². The molecule has 0 saturated carbocycles. The maximum atomic E-state index is 12.9. The first-order valence-electron chi connectivity index (χ1n) is 14.2. The van der Waals surface area contributed by atoms with Crippen LogP contribution in [0.1, 0.15) is 64.4 Å². The number of oxime groups is 1. The number of rotatable bonds is 8. The molecule has 0 bridgehead atoms. The van der Waals surface area contributed by atoms with E-state index in [0.29, 0.717) is 24.5 Å². The van der Waals surface area contributed by atoms with Crippen LogP contribution >= 0.6 is 0 Å². The highest BCUT2D eigenvalue weighted by Crippen LogP contribution is 2.33. The van der Waals surface area contributed by atoms with Crippen molar-refractivity contribution in [1.29, 1.82) is 0 Å². The van der Waals surface area contributed by atoms with Gasteiger partial charge in [0.1, 0.15) is 5.75 Å². The minimum atomic E-state index is 0.0129. The van der Waals surface area contributed by atoms with Crippen molar-refractivity contribution < 1.29 is 19.5 Å². The largest absolute Gasteiger partial charge is 0.493 e. The Morgan fingerprint density at radius 1 is 1.13 bits per heavy atom. The van der Waals surface area contributed by atoms with Crippen LogP contribution in [0.2, 0.25) is 0 Å². The summed E-state index contributed by atoms with van der Waals surface area (Å²) >= 11 is 0. The molecule has 1 aromatic rings. The Hall–Kier alpha value is -2.87. The van der Waals surface area contributed by atoms with Crippen LogP contribution in [0.5, 0.6) is 5.75 Å². The second-order valence-corrected chi connectivity index (χ2v) is 11.1. The number of aliphatic hydroxyl groups is 1. The predicted molar refractivity (Wildman–Crippen MR) is 151 cm³/mol. The van der Waals surface area contributed by atoms with Gasteiger partial charge in [-0.1, -0.05) is 37.2 Å². The highest BCUT2D eigenvalue weighted by atomic mass is 16.6. The van der Waals surface area contributed by atoms with E-state index in [0.717, 1.165) is 70.3 Å². The molecule has 4 rings (SSSR count). The number of carbonyl (C=O) groups excluding carboxylic acids is 1. The summed E-state index contributed by atoms with van der Waals surface area (Å²) in [5.74, 6) is 2.00. The Labute approximate surface area is 227 Å². The lowest BCUT2D eigenvalue weighted by molar-refractivity contribution is -0.137. The molecule has 2 aliphatic heterocycles. The van der Waals surface area contributed by atoms with Crippen LogP contribution in [0.4, 0.5) is 0 Å². The van der Waals surface area contributed by atoms with Gasteiger partial charge in [0.15, 0.2) is 0 Å². The van der Waals surface area contributed by atoms with Gasteiger partial charge in [-0.3, -0.25) is 4.79 Å². The number of piperidine rings is 1. The van der Waals surface area contributed by atoms with Crippen LogP contribution in [0.3, 0.4) is 0 Å². The van der Waals surface area contributed by atoms with Gasteiger partial charge in [-0.2, -0.15) is 0 Å². The average Bonchev–Trinajstić information content (AvgIpc) is 3.44. The fraction of sp³-hybridized carbons (Fsp3) is 0.633. The van der Waals surface area contributed by atoms with Crippen LogP contribution in [0, 0.1) is 17.8 Å². The molecule has 1 aliphatic carbocycles. The van der Waals surface area contributed by atoms with Gasteiger partial charge in [-0.05, 0) is 80.1 Å². The van der Waals surface area contributed by atoms with Crippen LogP contribution in [-0.4, -0.2) is 79.0 Å². The topological polar surface area (TPSA) is 87.0 Å². The summed E-state index contributed by atoms with van der Waals surface area (Å²) in [6.45, 7) is 7.45. The van der Waals surface area contributed by atoms with Crippen LogP contribution in [0.15, 0.2) is 40.5 Å². The molecule has 2 atom stereocenters. The molecule has 0 spiro atoms. The third-order valence-electron chi connectivity index (χ3n) is 7.91. The second kappa shape index (κ2) is 13.8. The fourth-order valence-corrected chi connectivity index (χ4v) is 5.58. The average molecular weight is 525 g/mol. The molecule has 208 valence electrons. The number of amidine groups is 1. The fourth-order valence-electron chi connectivity index (χ4n) is 5.58. The van der Waals surface area contributed by atoms with E-state index in [4.69, 9.17) is 9.57 Å². The lowest BCUT2D eigenvalue weighted by atomic mass is 9.85. The number of aliphatic hydroxyl groups excluding tert-OH is 1. The van der Waals surface area contributed by atoms with Gasteiger partial charge in [0.25, 0.3) is 0 Å². The highest BCUT2D eigenvalue weighted by Gasteiger charge is 2.33. The van der Waals surface area contributed by atoms with Gasteiger partial charge >= 0.3 is 6.02 Å². The highest BCUT2D eigenvalue weighted by molar-refractivity contribution is 5.81. The maximum Gasteiger partial charge on any atom is 0.317 e. The summed E-state index contributed by atoms with van der Waals surface area (Å²) in [4.78, 5) is 26.7. The molecule has 1 amide bonds. The van der Waals surface area contributed by atoms with Crippen LogP contribution in [0.25, 0.3) is 5.57 Å². The van der Waals surface area contributed by atoms with E-state index in [1.807, 2.05) is 4.90 Å². The van der Waals surface area contributed by atoms with E-state index in [2.05, 4.69) is 59.2 Å². The molecule has 0 aromatic heterocycles.